The predicted molar refractivity (Wildman–Crippen MR) is 58.4 cm³/mol. The van der Waals surface area contributed by atoms with Gasteiger partial charge in [0, 0.05) is 5.92 Å². The van der Waals surface area contributed by atoms with Crippen LogP contribution in [0.4, 0.5) is 5.69 Å². The number of rotatable bonds is 4. The molecule has 0 aliphatic heterocycles. The Kier molecular flexibility index (Phi) is 4.24. The van der Waals surface area contributed by atoms with Crippen molar-refractivity contribution >= 4 is 5.69 Å². The van der Waals surface area contributed by atoms with Crippen LogP contribution in [-0.4, -0.2) is 18.4 Å². The minimum Gasteiger partial charge on any atom is -0.497 e. The molecule has 1 unspecified atom stereocenters. The number of benzene rings is 1. The van der Waals surface area contributed by atoms with E-state index >= 15 is 0 Å². The summed E-state index contributed by atoms with van der Waals surface area (Å²) in [6, 6.07) is 7.18. The number of azo groups is 1. The highest BCUT2D eigenvalue weighted by molar-refractivity contribution is 5.40. The molecule has 0 aliphatic rings. The van der Waals surface area contributed by atoms with Crippen molar-refractivity contribution in [3.8, 4) is 5.75 Å². The molecular weight excluding hydrogens is 192 g/mol. The summed E-state index contributed by atoms with van der Waals surface area (Å²) in [7, 11) is 1.61. The highest BCUT2D eigenvalue weighted by atomic mass is 16.5. The number of hydrogen-bond acceptors (Lipinski definition) is 4. The third-order valence-corrected chi connectivity index (χ3v) is 1.96. The Hall–Kier alpha value is -1.42. The molecule has 0 amide bonds. The highest BCUT2D eigenvalue weighted by Gasteiger charge is 2.05. The Morgan fingerprint density at radius 1 is 1.20 bits per heavy atom. The molecule has 0 aromatic heterocycles. The van der Waals surface area contributed by atoms with Gasteiger partial charge >= 0.3 is 0 Å². The SMILES string of the molecule is COc1ccc(N=NC(O)C(C)C)cc1. The standard InChI is InChI=1S/C11H16N2O2/c1-8(2)11(14)13-12-9-4-6-10(15-3)7-5-9/h4-8,11,14H,1-3H3. The van der Waals surface area contributed by atoms with Crippen LogP contribution in [0.5, 0.6) is 5.75 Å². The zero-order chi connectivity index (χ0) is 11.3. The van der Waals surface area contributed by atoms with E-state index in [0.29, 0.717) is 5.69 Å². The summed E-state index contributed by atoms with van der Waals surface area (Å²) in [6.45, 7) is 3.77. The predicted octanol–water partition coefficient (Wildman–Crippen LogP) is 2.75. The Morgan fingerprint density at radius 3 is 2.27 bits per heavy atom. The van der Waals surface area contributed by atoms with Crippen LogP contribution in [0, 0.1) is 5.92 Å². The lowest BCUT2D eigenvalue weighted by Crippen LogP contribution is -2.09. The van der Waals surface area contributed by atoms with Gasteiger partial charge in [-0.05, 0) is 24.3 Å². The van der Waals surface area contributed by atoms with Gasteiger partial charge in [0.05, 0.1) is 12.8 Å². The lowest BCUT2D eigenvalue weighted by atomic mass is 10.2. The second-order valence-electron chi connectivity index (χ2n) is 3.57. The molecule has 1 aromatic rings. The lowest BCUT2D eigenvalue weighted by molar-refractivity contribution is 0.127. The first-order chi connectivity index (χ1) is 7.13. The molecular formula is C11H16N2O2. The van der Waals surface area contributed by atoms with Gasteiger partial charge in [-0.2, -0.15) is 10.2 Å². The summed E-state index contributed by atoms with van der Waals surface area (Å²) in [4.78, 5) is 0. The number of aliphatic hydroxyl groups is 1. The van der Waals surface area contributed by atoms with E-state index in [1.54, 1.807) is 31.4 Å². The first-order valence-electron chi connectivity index (χ1n) is 4.86. The average molecular weight is 208 g/mol. The molecule has 0 saturated carbocycles. The smallest absolute Gasteiger partial charge is 0.168 e. The topological polar surface area (TPSA) is 54.2 Å². The minimum absolute atomic E-state index is 0.0759. The van der Waals surface area contributed by atoms with Crippen molar-refractivity contribution in [1.29, 1.82) is 0 Å². The van der Waals surface area contributed by atoms with Gasteiger partial charge in [0.25, 0.3) is 0 Å². The van der Waals surface area contributed by atoms with E-state index in [2.05, 4.69) is 10.2 Å². The van der Waals surface area contributed by atoms with Gasteiger partial charge < -0.3 is 9.84 Å². The maximum Gasteiger partial charge on any atom is 0.168 e. The van der Waals surface area contributed by atoms with Crippen molar-refractivity contribution in [2.45, 2.75) is 20.1 Å². The van der Waals surface area contributed by atoms with Crippen molar-refractivity contribution in [3.05, 3.63) is 24.3 Å². The Labute approximate surface area is 89.6 Å². The molecule has 0 spiro atoms. The fraction of sp³-hybridized carbons (Fsp3) is 0.455. The summed E-state index contributed by atoms with van der Waals surface area (Å²) >= 11 is 0. The van der Waals surface area contributed by atoms with Crippen LogP contribution < -0.4 is 4.74 Å². The second kappa shape index (κ2) is 5.46. The van der Waals surface area contributed by atoms with Crippen LogP contribution in [0.3, 0.4) is 0 Å². The Morgan fingerprint density at radius 2 is 1.80 bits per heavy atom. The van der Waals surface area contributed by atoms with Crippen LogP contribution in [-0.2, 0) is 0 Å². The van der Waals surface area contributed by atoms with E-state index in [0.717, 1.165) is 5.75 Å². The number of methoxy groups -OCH3 is 1. The molecule has 4 nitrogen and oxygen atoms in total. The van der Waals surface area contributed by atoms with Crippen LogP contribution in [0.25, 0.3) is 0 Å². The van der Waals surface area contributed by atoms with Crippen molar-refractivity contribution < 1.29 is 9.84 Å². The van der Waals surface area contributed by atoms with Gasteiger partial charge in [-0.15, -0.1) is 0 Å². The lowest BCUT2D eigenvalue weighted by Gasteiger charge is -2.06. The average Bonchev–Trinajstić information content (AvgIpc) is 2.26. The minimum atomic E-state index is -0.743. The van der Waals surface area contributed by atoms with E-state index in [-0.39, 0.29) is 5.92 Å². The molecule has 82 valence electrons. The Bertz CT molecular complexity index is 320. The van der Waals surface area contributed by atoms with Gasteiger partial charge in [-0.25, -0.2) is 0 Å². The number of hydrogen-bond donors (Lipinski definition) is 1. The molecule has 1 atom stereocenters. The number of ether oxygens (including phenoxy) is 1. The molecule has 0 aliphatic carbocycles. The monoisotopic (exact) mass is 208 g/mol. The summed E-state index contributed by atoms with van der Waals surface area (Å²) in [5, 5.41) is 17.1. The molecule has 0 heterocycles. The van der Waals surface area contributed by atoms with Crippen molar-refractivity contribution in [3.63, 3.8) is 0 Å². The zero-order valence-electron chi connectivity index (χ0n) is 9.21. The highest BCUT2D eigenvalue weighted by Crippen LogP contribution is 2.18. The maximum absolute atomic E-state index is 9.40. The zero-order valence-corrected chi connectivity index (χ0v) is 9.21. The molecule has 15 heavy (non-hydrogen) atoms. The summed E-state index contributed by atoms with van der Waals surface area (Å²) < 4.78 is 5.01. The van der Waals surface area contributed by atoms with E-state index in [1.807, 2.05) is 13.8 Å². The first kappa shape index (κ1) is 11.7. The fourth-order valence-electron chi connectivity index (χ4n) is 0.908. The van der Waals surface area contributed by atoms with Gasteiger partial charge in [0.2, 0.25) is 0 Å². The van der Waals surface area contributed by atoms with Gasteiger partial charge in [0.15, 0.2) is 6.23 Å². The van der Waals surface area contributed by atoms with E-state index < -0.39 is 6.23 Å². The molecule has 0 fully saturated rings. The third-order valence-electron chi connectivity index (χ3n) is 1.96. The fourth-order valence-corrected chi connectivity index (χ4v) is 0.908. The third kappa shape index (κ3) is 3.67. The molecule has 1 aromatic carbocycles. The van der Waals surface area contributed by atoms with Crippen LogP contribution in [0.1, 0.15) is 13.8 Å². The number of aliphatic hydroxyl groups excluding tert-OH is 1. The first-order valence-corrected chi connectivity index (χ1v) is 4.86. The number of nitrogens with zero attached hydrogens (tertiary/aromatic N) is 2. The van der Waals surface area contributed by atoms with Crippen LogP contribution in [0.2, 0.25) is 0 Å². The second-order valence-corrected chi connectivity index (χ2v) is 3.57. The van der Waals surface area contributed by atoms with E-state index in [1.165, 1.54) is 0 Å². The largest absolute Gasteiger partial charge is 0.497 e. The van der Waals surface area contributed by atoms with Gasteiger partial charge in [0.1, 0.15) is 5.75 Å². The normalized spacial score (nSPS) is 13.4. The van der Waals surface area contributed by atoms with Crippen molar-refractivity contribution in [2.75, 3.05) is 7.11 Å². The quantitative estimate of drug-likeness (QED) is 0.773. The molecule has 4 heteroatoms. The molecule has 1 N–H and O–H groups in total. The summed E-state index contributed by atoms with van der Waals surface area (Å²) in [5.41, 5.74) is 0.704. The summed E-state index contributed by atoms with van der Waals surface area (Å²) in [5.74, 6) is 0.852. The van der Waals surface area contributed by atoms with Crippen LogP contribution in [0.15, 0.2) is 34.5 Å². The Balaban J connectivity index is 2.64. The van der Waals surface area contributed by atoms with Crippen molar-refractivity contribution in [2.24, 2.45) is 16.1 Å². The maximum atomic E-state index is 9.40. The summed E-state index contributed by atoms with van der Waals surface area (Å²) in [6.07, 6.45) is -0.743. The molecule has 0 saturated heterocycles. The van der Waals surface area contributed by atoms with E-state index in [9.17, 15) is 5.11 Å². The molecule has 0 bridgehead atoms. The van der Waals surface area contributed by atoms with Gasteiger partial charge in [-0.1, -0.05) is 13.8 Å². The molecule has 0 radical (unpaired) electrons. The van der Waals surface area contributed by atoms with E-state index in [4.69, 9.17) is 4.74 Å². The van der Waals surface area contributed by atoms with Crippen molar-refractivity contribution in [1.82, 2.24) is 0 Å². The van der Waals surface area contributed by atoms with Gasteiger partial charge in [-0.3, -0.25) is 0 Å². The van der Waals surface area contributed by atoms with Crippen LogP contribution >= 0.6 is 0 Å². The molecule has 1 rings (SSSR count).